The number of hydrogen-bond acceptors (Lipinski definition) is 4. The highest BCUT2D eigenvalue weighted by Gasteiger charge is 2.26. The highest BCUT2D eigenvalue weighted by molar-refractivity contribution is 5.94. The Morgan fingerprint density at radius 2 is 2.00 bits per heavy atom. The highest BCUT2D eigenvalue weighted by Crippen LogP contribution is 2.23. The number of ether oxygens (including phenoxy) is 1. The molecule has 2 aliphatic rings. The Hall–Kier alpha value is -2.70. The third-order valence-electron chi connectivity index (χ3n) is 5.25. The maximum Gasteiger partial charge on any atom is 0.253 e. The first-order valence-corrected chi connectivity index (χ1v) is 9.81. The summed E-state index contributed by atoms with van der Waals surface area (Å²) < 4.78 is 5.42. The normalized spacial score (nSPS) is 21.0. The topological polar surface area (TPSA) is 79.5 Å². The molecule has 0 spiro atoms. The summed E-state index contributed by atoms with van der Waals surface area (Å²) in [5.74, 6) is -0.150. The molecule has 6 heteroatoms. The number of fused-ring (bicyclic) bond motifs is 1. The van der Waals surface area contributed by atoms with E-state index in [0.717, 1.165) is 36.9 Å². The summed E-state index contributed by atoms with van der Waals surface area (Å²) in [6.07, 6.45) is 2.26. The summed E-state index contributed by atoms with van der Waals surface area (Å²) in [6, 6.07) is 15.3. The molecule has 2 unspecified atom stereocenters. The second kappa shape index (κ2) is 8.54. The smallest absolute Gasteiger partial charge is 0.253 e. The largest absolute Gasteiger partial charge is 0.368 e. The molecule has 2 amide bonds. The van der Waals surface area contributed by atoms with Crippen molar-refractivity contribution in [3.8, 4) is 0 Å². The first kappa shape index (κ1) is 18.7. The van der Waals surface area contributed by atoms with E-state index in [4.69, 9.17) is 4.74 Å². The summed E-state index contributed by atoms with van der Waals surface area (Å²) in [5, 5.41) is 9.20. The third-order valence-corrected chi connectivity index (χ3v) is 5.25. The van der Waals surface area contributed by atoms with Gasteiger partial charge in [-0.1, -0.05) is 36.4 Å². The van der Waals surface area contributed by atoms with E-state index in [-0.39, 0.29) is 24.0 Å². The lowest BCUT2D eigenvalue weighted by atomic mass is 9.94. The second-order valence-corrected chi connectivity index (χ2v) is 7.25. The predicted molar refractivity (Wildman–Crippen MR) is 107 cm³/mol. The number of carbonyl (C=O) groups excluding carboxylic acids is 2. The van der Waals surface area contributed by atoms with E-state index in [0.29, 0.717) is 18.8 Å². The molecule has 2 heterocycles. The van der Waals surface area contributed by atoms with Gasteiger partial charge in [0.05, 0.1) is 0 Å². The number of amides is 2. The van der Waals surface area contributed by atoms with Gasteiger partial charge >= 0.3 is 0 Å². The monoisotopic (exact) mass is 379 g/mol. The van der Waals surface area contributed by atoms with Crippen LogP contribution in [0.15, 0.2) is 48.5 Å². The molecule has 1 saturated heterocycles. The second-order valence-electron chi connectivity index (χ2n) is 7.25. The number of carbonyl (C=O) groups is 2. The van der Waals surface area contributed by atoms with E-state index in [1.54, 1.807) is 0 Å². The molecule has 0 aliphatic carbocycles. The van der Waals surface area contributed by atoms with E-state index in [1.165, 1.54) is 5.56 Å². The molecule has 0 aromatic heterocycles. The fourth-order valence-corrected chi connectivity index (χ4v) is 3.80. The average molecular weight is 379 g/mol. The van der Waals surface area contributed by atoms with Crippen LogP contribution in [0.1, 0.15) is 35.6 Å². The van der Waals surface area contributed by atoms with Crippen LogP contribution < -0.4 is 16.0 Å². The first-order chi connectivity index (χ1) is 13.7. The van der Waals surface area contributed by atoms with E-state index in [2.05, 4.69) is 22.0 Å². The minimum atomic E-state index is -0.360. The quantitative estimate of drug-likeness (QED) is 0.745. The van der Waals surface area contributed by atoms with Gasteiger partial charge in [-0.05, 0) is 48.1 Å². The molecule has 4 rings (SSSR count). The lowest BCUT2D eigenvalue weighted by Gasteiger charge is -2.26. The summed E-state index contributed by atoms with van der Waals surface area (Å²) in [6.45, 7) is 1.84. The Morgan fingerprint density at radius 1 is 1.11 bits per heavy atom. The van der Waals surface area contributed by atoms with Gasteiger partial charge in [0.15, 0.2) is 0 Å². The summed E-state index contributed by atoms with van der Waals surface area (Å²) in [4.78, 5) is 24.9. The van der Waals surface area contributed by atoms with E-state index >= 15 is 0 Å². The molecule has 146 valence electrons. The van der Waals surface area contributed by atoms with Gasteiger partial charge in [0.25, 0.3) is 5.91 Å². The molecule has 2 aromatic carbocycles. The molecule has 1 fully saturated rings. The molecule has 28 heavy (non-hydrogen) atoms. The van der Waals surface area contributed by atoms with E-state index in [9.17, 15) is 9.59 Å². The summed E-state index contributed by atoms with van der Waals surface area (Å²) >= 11 is 0. The summed E-state index contributed by atoms with van der Waals surface area (Å²) in [7, 11) is 0. The van der Waals surface area contributed by atoms with E-state index < -0.39 is 0 Å². The van der Waals surface area contributed by atoms with Crippen LogP contribution in [0.3, 0.4) is 0 Å². The van der Waals surface area contributed by atoms with Gasteiger partial charge in [0.2, 0.25) is 5.91 Å². The van der Waals surface area contributed by atoms with Gasteiger partial charge in [-0.3, -0.25) is 9.59 Å². The maximum atomic E-state index is 12.7. The average Bonchev–Trinajstić information content (AvgIpc) is 3.27. The lowest BCUT2D eigenvalue weighted by molar-refractivity contribution is -0.125. The molecule has 3 N–H and O–H groups in total. The Bertz CT molecular complexity index is 862. The van der Waals surface area contributed by atoms with Crippen molar-refractivity contribution in [3.63, 3.8) is 0 Å². The first-order valence-electron chi connectivity index (χ1n) is 9.81. The maximum absolute atomic E-state index is 12.7. The van der Waals surface area contributed by atoms with Crippen molar-refractivity contribution in [2.24, 2.45) is 0 Å². The van der Waals surface area contributed by atoms with Gasteiger partial charge in [0, 0.05) is 25.4 Å². The molecule has 0 radical (unpaired) electrons. The molecular formula is C22H25N3O3. The van der Waals surface area contributed by atoms with Gasteiger partial charge < -0.3 is 20.7 Å². The van der Waals surface area contributed by atoms with Crippen molar-refractivity contribution in [2.75, 3.05) is 18.5 Å². The van der Waals surface area contributed by atoms with Crippen LogP contribution in [0.25, 0.3) is 0 Å². The molecule has 2 aliphatic heterocycles. The molecule has 0 bridgehead atoms. The van der Waals surface area contributed by atoms with Crippen molar-refractivity contribution < 1.29 is 14.3 Å². The predicted octanol–water partition coefficient (Wildman–Crippen LogP) is 2.31. The SMILES string of the molecule is O=C(Nc1cccc(CNC(=O)C2NCCc3ccccc32)c1)C1CCCO1. The zero-order valence-corrected chi connectivity index (χ0v) is 15.7. The van der Waals surface area contributed by atoms with Crippen LogP contribution in [0, 0.1) is 0 Å². The Balaban J connectivity index is 1.36. The number of hydrogen-bond donors (Lipinski definition) is 3. The van der Waals surface area contributed by atoms with Crippen molar-refractivity contribution in [1.29, 1.82) is 0 Å². The number of anilines is 1. The Morgan fingerprint density at radius 3 is 2.86 bits per heavy atom. The number of nitrogens with one attached hydrogen (secondary N) is 3. The lowest BCUT2D eigenvalue weighted by Crippen LogP contribution is -2.41. The van der Waals surface area contributed by atoms with Crippen LogP contribution in [0.4, 0.5) is 5.69 Å². The van der Waals surface area contributed by atoms with Gasteiger partial charge in [0.1, 0.15) is 12.1 Å². The standard InChI is InChI=1S/C22H25N3O3/c26-21(19-9-4-12-28-19)25-17-7-3-5-15(13-17)14-24-22(27)20-18-8-2-1-6-16(18)10-11-23-20/h1-3,5-8,13,19-20,23H,4,9-12,14H2,(H,24,27)(H,25,26). The summed E-state index contributed by atoms with van der Waals surface area (Å²) in [5.41, 5.74) is 3.92. The molecule has 2 atom stereocenters. The Labute approximate surface area is 164 Å². The van der Waals surface area contributed by atoms with Crippen molar-refractivity contribution in [2.45, 2.75) is 38.0 Å². The van der Waals surface area contributed by atoms with Crippen molar-refractivity contribution >= 4 is 17.5 Å². The van der Waals surface area contributed by atoms with Crippen molar-refractivity contribution in [1.82, 2.24) is 10.6 Å². The fraction of sp³-hybridized carbons (Fsp3) is 0.364. The number of rotatable bonds is 5. The van der Waals surface area contributed by atoms with Gasteiger partial charge in [-0.2, -0.15) is 0 Å². The molecule has 0 saturated carbocycles. The van der Waals surface area contributed by atoms with Gasteiger partial charge in [-0.25, -0.2) is 0 Å². The molecule has 6 nitrogen and oxygen atoms in total. The van der Waals surface area contributed by atoms with Crippen LogP contribution >= 0.6 is 0 Å². The van der Waals surface area contributed by atoms with Gasteiger partial charge in [-0.15, -0.1) is 0 Å². The van der Waals surface area contributed by atoms with Crippen LogP contribution in [0.2, 0.25) is 0 Å². The minimum absolute atomic E-state index is 0.0408. The zero-order valence-electron chi connectivity index (χ0n) is 15.7. The highest BCUT2D eigenvalue weighted by atomic mass is 16.5. The van der Waals surface area contributed by atoms with Crippen molar-refractivity contribution in [3.05, 3.63) is 65.2 Å². The van der Waals surface area contributed by atoms with Crippen LogP contribution in [-0.2, 0) is 27.3 Å². The molecule has 2 aromatic rings. The van der Waals surface area contributed by atoms with Crippen LogP contribution in [0.5, 0.6) is 0 Å². The fourth-order valence-electron chi connectivity index (χ4n) is 3.80. The molecular weight excluding hydrogens is 354 g/mol. The number of benzene rings is 2. The minimum Gasteiger partial charge on any atom is -0.368 e. The zero-order chi connectivity index (χ0) is 19.3. The third kappa shape index (κ3) is 4.24. The Kier molecular flexibility index (Phi) is 5.69. The van der Waals surface area contributed by atoms with E-state index in [1.807, 2.05) is 42.5 Å². The van der Waals surface area contributed by atoms with Crippen LogP contribution in [-0.4, -0.2) is 31.1 Å².